The van der Waals surface area contributed by atoms with E-state index in [0.717, 1.165) is 11.0 Å². The molecular formula is C12H15BrN2O2. The average molecular weight is 299 g/mol. The predicted molar refractivity (Wildman–Crippen MR) is 67.6 cm³/mol. The van der Waals surface area contributed by atoms with Crippen LogP contribution in [0.5, 0.6) is 0 Å². The van der Waals surface area contributed by atoms with Crippen LogP contribution in [0.15, 0.2) is 22.9 Å². The summed E-state index contributed by atoms with van der Waals surface area (Å²) in [6, 6.07) is 3.52. The van der Waals surface area contributed by atoms with Crippen molar-refractivity contribution in [2.75, 3.05) is 13.1 Å². The zero-order valence-corrected chi connectivity index (χ0v) is 11.2. The van der Waals surface area contributed by atoms with Crippen LogP contribution in [-0.2, 0) is 0 Å². The van der Waals surface area contributed by atoms with E-state index < -0.39 is 0 Å². The molecule has 1 saturated heterocycles. The Bertz CT molecular complexity index is 405. The molecule has 1 fully saturated rings. The standard InChI is InChI=1S/C12H15BrN2O2/c1-8(16)10-4-5-15(7-10)12(17)9-2-3-11(13)14-6-9/h2-3,6,8,10,16H,4-5,7H2,1H3. The number of halogens is 1. The van der Waals surface area contributed by atoms with Gasteiger partial charge in [0.1, 0.15) is 4.60 Å². The zero-order chi connectivity index (χ0) is 12.4. The Morgan fingerprint density at radius 2 is 2.41 bits per heavy atom. The Morgan fingerprint density at radius 3 is 2.94 bits per heavy atom. The van der Waals surface area contributed by atoms with Gasteiger partial charge >= 0.3 is 0 Å². The largest absolute Gasteiger partial charge is 0.393 e. The molecule has 5 heteroatoms. The van der Waals surface area contributed by atoms with Gasteiger partial charge in [0.05, 0.1) is 11.7 Å². The Kier molecular flexibility index (Phi) is 3.79. The van der Waals surface area contributed by atoms with Crippen LogP contribution in [0.4, 0.5) is 0 Å². The molecule has 17 heavy (non-hydrogen) atoms. The number of aliphatic hydroxyl groups excluding tert-OH is 1. The molecule has 0 radical (unpaired) electrons. The van der Waals surface area contributed by atoms with Gasteiger partial charge in [-0.05, 0) is 41.4 Å². The van der Waals surface area contributed by atoms with Crippen molar-refractivity contribution in [3.05, 3.63) is 28.5 Å². The third-order valence-electron chi connectivity index (χ3n) is 3.17. The molecule has 92 valence electrons. The molecule has 1 aliphatic rings. The van der Waals surface area contributed by atoms with Crippen LogP contribution in [0.1, 0.15) is 23.7 Å². The lowest BCUT2D eigenvalue weighted by atomic mass is 10.0. The van der Waals surface area contributed by atoms with E-state index in [4.69, 9.17) is 0 Å². The number of hydrogen-bond acceptors (Lipinski definition) is 3. The third-order valence-corrected chi connectivity index (χ3v) is 3.64. The van der Waals surface area contributed by atoms with Crippen LogP contribution in [0.2, 0.25) is 0 Å². The minimum absolute atomic E-state index is 0.00634. The summed E-state index contributed by atoms with van der Waals surface area (Å²) in [7, 11) is 0. The maximum atomic E-state index is 12.1. The van der Waals surface area contributed by atoms with Crippen molar-refractivity contribution < 1.29 is 9.90 Å². The van der Waals surface area contributed by atoms with Gasteiger partial charge < -0.3 is 10.0 Å². The van der Waals surface area contributed by atoms with Gasteiger partial charge in [0, 0.05) is 25.2 Å². The number of rotatable bonds is 2. The van der Waals surface area contributed by atoms with Gasteiger partial charge in [-0.2, -0.15) is 0 Å². The highest BCUT2D eigenvalue weighted by atomic mass is 79.9. The van der Waals surface area contributed by atoms with Crippen molar-refractivity contribution >= 4 is 21.8 Å². The van der Waals surface area contributed by atoms with Crippen molar-refractivity contribution in [3.63, 3.8) is 0 Å². The highest BCUT2D eigenvalue weighted by Crippen LogP contribution is 2.21. The number of aliphatic hydroxyl groups is 1. The van der Waals surface area contributed by atoms with Crippen LogP contribution >= 0.6 is 15.9 Å². The molecule has 0 saturated carbocycles. The van der Waals surface area contributed by atoms with Crippen molar-refractivity contribution in [1.29, 1.82) is 0 Å². The lowest BCUT2D eigenvalue weighted by molar-refractivity contribution is 0.0762. The van der Waals surface area contributed by atoms with Crippen LogP contribution in [-0.4, -0.2) is 40.1 Å². The molecule has 0 bridgehead atoms. The highest BCUT2D eigenvalue weighted by molar-refractivity contribution is 9.10. The molecule has 0 aliphatic carbocycles. The number of pyridine rings is 1. The fourth-order valence-electron chi connectivity index (χ4n) is 2.05. The number of amides is 1. The summed E-state index contributed by atoms with van der Waals surface area (Å²) in [5, 5.41) is 9.50. The molecule has 2 rings (SSSR count). The topological polar surface area (TPSA) is 53.4 Å². The first kappa shape index (κ1) is 12.5. The number of hydrogen-bond donors (Lipinski definition) is 1. The second-order valence-electron chi connectivity index (χ2n) is 4.41. The summed E-state index contributed by atoms with van der Waals surface area (Å²) in [5.41, 5.74) is 0.597. The SMILES string of the molecule is CC(O)C1CCN(C(=O)c2ccc(Br)nc2)C1. The average Bonchev–Trinajstić information content (AvgIpc) is 2.78. The third kappa shape index (κ3) is 2.84. The molecule has 4 nitrogen and oxygen atoms in total. The predicted octanol–water partition coefficient (Wildman–Crippen LogP) is 1.69. The summed E-state index contributed by atoms with van der Waals surface area (Å²) in [6.07, 6.45) is 2.09. The number of nitrogens with zero attached hydrogens (tertiary/aromatic N) is 2. The normalized spacial score (nSPS) is 21.6. The fraction of sp³-hybridized carbons (Fsp3) is 0.500. The lowest BCUT2D eigenvalue weighted by Crippen LogP contribution is -2.30. The Balaban J connectivity index is 2.04. The lowest BCUT2D eigenvalue weighted by Gasteiger charge is -2.17. The van der Waals surface area contributed by atoms with E-state index in [1.807, 2.05) is 0 Å². The summed E-state index contributed by atoms with van der Waals surface area (Å²) >= 11 is 3.24. The molecule has 2 heterocycles. The molecule has 1 amide bonds. The first-order valence-electron chi connectivity index (χ1n) is 5.67. The van der Waals surface area contributed by atoms with Gasteiger partial charge in [-0.3, -0.25) is 4.79 Å². The van der Waals surface area contributed by atoms with Gasteiger partial charge in [0.25, 0.3) is 5.91 Å². The molecule has 2 atom stereocenters. The minimum Gasteiger partial charge on any atom is -0.393 e. The molecule has 1 aromatic heterocycles. The summed E-state index contributed by atoms with van der Waals surface area (Å²) < 4.78 is 0.720. The van der Waals surface area contributed by atoms with E-state index >= 15 is 0 Å². The monoisotopic (exact) mass is 298 g/mol. The zero-order valence-electron chi connectivity index (χ0n) is 9.64. The van der Waals surface area contributed by atoms with Crippen LogP contribution in [0.25, 0.3) is 0 Å². The smallest absolute Gasteiger partial charge is 0.255 e. The number of aromatic nitrogens is 1. The quantitative estimate of drug-likeness (QED) is 0.846. The van der Waals surface area contributed by atoms with Crippen LogP contribution in [0.3, 0.4) is 0 Å². The maximum Gasteiger partial charge on any atom is 0.255 e. The second kappa shape index (κ2) is 5.14. The Hall–Kier alpha value is -0.940. The van der Waals surface area contributed by atoms with E-state index in [2.05, 4.69) is 20.9 Å². The number of carbonyl (C=O) groups excluding carboxylic acids is 1. The molecule has 2 unspecified atom stereocenters. The van der Waals surface area contributed by atoms with Crippen molar-refractivity contribution in [2.45, 2.75) is 19.4 Å². The summed E-state index contributed by atoms with van der Waals surface area (Å²) in [4.78, 5) is 17.9. The van der Waals surface area contributed by atoms with E-state index in [0.29, 0.717) is 18.7 Å². The van der Waals surface area contributed by atoms with Crippen molar-refractivity contribution in [2.24, 2.45) is 5.92 Å². The minimum atomic E-state index is -0.351. The molecule has 0 spiro atoms. The van der Waals surface area contributed by atoms with Gasteiger partial charge in [-0.25, -0.2) is 4.98 Å². The number of carbonyl (C=O) groups is 1. The van der Waals surface area contributed by atoms with E-state index in [9.17, 15) is 9.90 Å². The first-order valence-corrected chi connectivity index (χ1v) is 6.46. The van der Waals surface area contributed by atoms with Crippen LogP contribution < -0.4 is 0 Å². The molecule has 1 N–H and O–H groups in total. The van der Waals surface area contributed by atoms with E-state index in [1.165, 1.54) is 0 Å². The number of likely N-dealkylation sites (tertiary alicyclic amines) is 1. The van der Waals surface area contributed by atoms with E-state index in [-0.39, 0.29) is 17.9 Å². The van der Waals surface area contributed by atoms with Gasteiger partial charge in [0.2, 0.25) is 0 Å². The fourth-order valence-corrected chi connectivity index (χ4v) is 2.28. The Morgan fingerprint density at radius 1 is 1.65 bits per heavy atom. The molecule has 1 aliphatic heterocycles. The highest BCUT2D eigenvalue weighted by Gasteiger charge is 2.29. The second-order valence-corrected chi connectivity index (χ2v) is 5.22. The summed E-state index contributed by atoms with van der Waals surface area (Å²) in [5.74, 6) is 0.190. The maximum absolute atomic E-state index is 12.1. The van der Waals surface area contributed by atoms with Crippen molar-refractivity contribution in [3.8, 4) is 0 Å². The molecule has 1 aromatic rings. The van der Waals surface area contributed by atoms with Gasteiger partial charge in [-0.15, -0.1) is 0 Å². The first-order chi connectivity index (χ1) is 8.08. The van der Waals surface area contributed by atoms with Gasteiger partial charge in [-0.1, -0.05) is 0 Å². The molecule has 0 aromatic carbocycles. The van der Waals surface area contributed by atoms with E-state index in [1.54, 1.807) is 30.2 Å². The summed E-state index contributed by atoms with van der Waals surface area (Å²) in [6.45, 7) is 3.12. The van der Waals surface area contributed by atoms with Crippen LogP contribution in [0, 0.1) is 5.92 Å². The van der Waals surface area contributed by atoms with Crippen molar-refractivity contribution in [1.82, 2.24) is 9.88 Å². The van der Waals surface area contributed by atoms with Gasteiger partial charge in [0.15, 0.2) is 0 Å². The Labute approximate surface area is 109 Å². The molecular weight excluding hydrogens is 284 g/mol.